The van der Waals surface area contributed by atoms with Crippen LogP contribution in [0.15, 0.2) is 18.2 Å². The summed E-state index contributed by atoms with van der Waals surface area (Å²) in [4.78, 5) is 0. The largest absolute Gasteiger partial charge is 0.389 e. The number of aliphatic hydroxyl groups is 1. The van der Waals surface area contributed by atoms with Gasteiger partial charge in [-0.15, -0.1) is 0 Å². The second kappa shape index (κ2) is 5.06. The topological polar surface area (TPSA) is 20.2 Å². The summed E-state index contributed by atoms with van der Waals surface area (Å²) in [5.41, 5.74) is 1.24. The van der Waals surface area contributed by atoms with Gasteiger partial charge in [-0.2, -0.15) is 13.2 Å². The van der Waals surface area contributed by atoms with Crippen molar-refractivity contribution >= 4 is 11.6 Å². The molecule has 0 saturated heterocycles. The van der Waals surface area contributed by atoms with Crippen LogP contribution in [0.1, 0.15) is 30.1 Å². The molecule has 16 heavy (non-hydrogen) atoms. The molecule has 5 heteroatoms. The first kappa shape index (κ1) is 13.3. The fourth-order valence-electron chi connectivity index (χ4n) is 1.28. The van der Waals surface area contributed by atoms with Gasteiger partial charge in [0.2, 0.25) is 0 Å². The average molecular weight is 253 g/mol. The van der Waals surface area contributed by atoms with Gasteiger partial charge in [-0.25, -0.2) is 0 Å². The number of aliphatic hydroxyl groups excluding tert-OH is 1. The van der Waals surface area contributed by atoms with E-state index in [0.29, 0.717) is 10.6 Å². The van der Waals surface area contributed by atoms with E-state index in [2.05, 4.69) is 0 Å². The first-order chi connectivity index (χ1) is 7.29. The van der Waals surface area contributed by atoms with Crippen molar-refractivity contribution in [2.24, 2.45) is 0 Å². The Morgan fingerprint density at radius 3 is 2.50 bits per heavy atom. The Kier molecular flexibility index (Phi) is 4.21. The zero-order chi connectivity index (χ0) is 12.3. The zero-order valence-electron chi connectivity index (χ0n) is 8.68. The molecular weight excluding hydrogens is 241 g/mol. The first-order valence-electron chi connectivity index (χ1n) is 4.80. The van der Waals surface area contributed by atoms with Crippen LogP contribution in [0.5, 0.6) is 0 Å². The van der Waals surface area contributed by atoms with Gasteiger partial charge in [-0.3, -0.25) is 0 Å². The van der Waals surface area contributed by atoms with Crippen molar-refractivity contribution in [1.82, 2.24) is 0 Å². The minimum absolute atomic E-state index is 0.344. The Morgan fingerprint density at radius 2 is 2.00 bits per heavy atom. The van der Waals surface area contributed by atoms with Gasteiger partial charge in [-0.05, 0) is 30.5 Å². The number of hydrogen-bond donors (Lipinski definition) is 1. The van der Waals surface area contributed by atoms with Crippen molar-refractivity contribution in [3.63, 3.8) is 0 Å². The third-order valence-electron chi connectivity index (χ3n) is 2.28. The predicted molar refractivity (Wildman–Crippen MR) is 56.4 cm³/mol. The Morgan fingerprint density at radius 1 is 1.38 bits per heavy atom. The fraction of sp³-hybridized carbons (Fsp3) is 0.455. The van der Waals surface area contributed by atoms with Crippen LogP contribution in [0, 0.1) is 6.92 Å². The second-order valence-corrected chi connectivity index (χ2v) is 4.09. The van der Waals surface area contributed by atoms with Crippen LogP contribution in [0.4, 0.5) is 13.2 Å². The third kappa shape index (κ3) is 4.02. The maximum Gasteiger partial charge on any atom is 0.389 e. The average Bonchev–Trinajstić information content (AvgIpc) is 2.17. The van der Waals surface area contributed by atoms with Crippen LogP contribution in [0.2, 0.25) is 5.02 Å². The molecule has 0 bridgehead atoms. The molecule has 1 unspecified atom stereocenters. The number of hydrogen-bond acceptors (Lipinski definition) is 1. The summed E-state index contributed by atoms with van der Waals surface area (Å²) in [5.74, 6) is 0. The SMILES string of the molecule is Cc1ccc(C(O)CCC(F)(F)F)cc1Cl. The van der Waals surface area contributed by atoms with Gasteiger partial charge in [0.1, 0.15) is 0 Å². The summed E-state index contributed by atoms with van der Waals surface area (Å²) >= 11 is 5.81. The molecule has 1 nitrogen and oxygen atoms in total. The number of rotatable bonds is 3. The number of aryl methyl sites for hydroxylation is 1. The van der Waals surface area contributed by atoms with E-state index in [1.807, 2.05) is 0 Å². The maximum absolute atomic E-state index is 11.9. The van der Waals surface area contributed by atoms with Gasteiger partial charge < -0.3 is 5.11 Å². The van der Waals surface area contributed by atoms with E-state index in [1.54, 1.807) is 19.1 Å². The summed E-state index contributed by atoms with van der Waals surface area (Å²) in [5, 5.41) is 9.99. The van der Waals surface area contributed by atoms with Crippen LogP contribution in [0.25, 0.3) is 0 Å². The van der Waals surface area contributed by atoms with Gasteiger partial charge in [0, 0.05) is 11.4 Å². The molecule has 0 aliphatic heterocycles. The lowest BCUT2D eigenvalue weighted by atomic mass is 10.0. The Balaban J connectivity index is 2.66. The molecule has 0 heterocycles. The zero-order valence-corrected chi connectivity index (χ0v) is 9.44. The minimum atomic E-state index is -4.24. The number of alkyl halides is 3. The first-order valence-corrected chi connectivity index (χ1v) is 5.18. The molecule has 90 valence electrons. The van der Waals surface area contributed by atoms with Gasteiger partial charge >= 0.3 is 6.18 Å². The van der Waals surface area contributed by atoms with E-state index >= 15 is 0 Å². The van der Waals surface area contributed by atoms with Crippen molar-refractivity contribution in [2.45, 2.75) is 32.0 Å². The lowest BCUT2D eigenvalue weighted by Crippen LogP contribution is -2.10. The third-order valence-corrected chi connectivity index (χ3v) is 2.69. The van der Waals surface area contributed by atoms with Crippen molar-refractivity contribution in [1.29, 1.82) is 0 Å². The normalized spacial score (nSPS) is 13.9. The van der Waals surface area contributed by atoms with Crippen LogP contribution in [0.3, 0.4) is 0 Å². The monoisotopic (exact) mass is 252 g/mol. The van der Waals surface area contributed by atoms with Crippen LogP contribution in [-0.4, -0.2) is 11.3 Å². The quantitative estimate of drug-likeness (QED) is 0.861. The van der Waals surface area contributed by atoms with Crippen LogP contribution >= 0.6 is 11.6 Å². The van der Waals surface area contributed by atoms with Crippen LogP contribution in [-0.2, 0) is 0 Å². The lowest BCUT2D eigenvalue weighted by molar-refractivity contribution is -0.140. The standard InChI is InChI=1S/C11H12ClF3O/c1-7-2-3-8(6-9(7)12)10(16)4-5-11(13,14)15/h2-3,6,10,16H,4-5H2,1H3. The molecule has 0 fully saturated rings. The number of benzene rings is 1. The molecule has 1 rings (SSSR count). The molecule has 0 spiro atoms. The molecule has 0 aliphatic carbocycles. The Bertz CT molecular complexity index is 363. The minimum Gasteiger partial charge on any atom is -0.388 e. The highest BCUT2D eigenvalue weighted by Gasteiger charge is 2.28. The molecule has 1 aromatic rings. The summed E-state index contributed by atoms with van der Waals surface area (Å²) in [6.07, 6.45) is -6.71. The van der Waals surface area contributed by atoms with Crippen molar-refractivity contribution in [3.8, 4) is 0 Å². The molecule has 1 N–H and O–H groups in total. The van der Waals surface area contributed by atoms with Gasteiger partial charge in [0.25, 0.3) is 0 Å². The Labute approximate surface area is 96.9 Å². The molecule has 0 aromatic heterocycles. The predicted octanol–water partition coefficient (Wildman–Crippen LogP) is 4.02. The molecule has 0 aliphatic rings. The van der Waals surface area contributed by atoms with Gasteiger partial charge in [0.05, 0.1) is 6.10 Å². The van der Waals surface area contributed by atoms with Gasteiger partial charge in [-0.1, -0.05) is 23.7 Å². The van der Waals surface area contributed by atoms with Crippen LogP contribution < -0.4 is 0 Å². The van der Waals surface area contributed by atoms with E-state index in [9.17, 15) is 18.3 Å². The van der Waals surface area contributed by atoms with Crippen molar-refractivity contribution in [3.05, 3.63) is 34.3 Å². The summed E-state index contributed by atoms with van der Waals surface area (Å²) < 4.78 is 35.8. The molecule has 0 amide bonds. The molecule has 1 aromatic carbocycles. The molecular formula is C11H12ClF3O. The van der Waals surface area contributed by atoms with E-state index < -0.39 is 18.7 Å². The summed E-state index contributed by atoms with van der Waals surface area (Å²) in [6, 6.07) is 4.76. The molecule has 1 atom stereocenters. The summed E-state index contributed by atoms with van der Waals surface area (Å²) in [7, 11) is 0. The number of halogens is 4. The highest BCUT2D eigenvalue weighted by atomic mass is 35.5. The highest BCUT2D eigenvalue weighted by molar-refractivity contribution is 6.31. The lowest BCUT2D eigenvalue weighted by Gasteiger charge is -2.13. The van der Waals surface area contributed by atoms with E-state index in [-0.39, 0.29) is 6.42 Å². The summed E-state index contributed by atoms with van der Waals surface area (Å²) in [6.45, 7) is 1.79. The highest BCUT2D eigenvalue weighted by Crippen LogP contribution is 2.29. The smallest absolute Gasteiger partial charge is 0.388 e. The van der Waals surface area contributed by atoms with Crippen molar-refractivity contribution < 1.29 is 18.3 Å². The second-order valence-electron chi connectivity index (χ2n) is 3.68. The fourth-order valence-corrected chi connectivity index (χ4v) is 1.47. The van der Waals surface area contributed by atoms with E-state index in [1.165, 1.54) is 6.07 Å². The van der Waals surface area contributed by atoms with E-state index in [0.717, 1.165) is 5.56 Å². The van der Waals surface area contributed by atoms with Gasteiger partial charge in [0.15, 0.2) is 0 Å². The van der Waals surface area contributed by atoms with E-state index in [4.69, 9.17) is 11.6 Å². The Hall–Kier alpha value is -0.740. The van der Waals surface area contributed by atoms with Crippen molar-refractivity contribution in [2.75, 3.05) is 0 Å². The molecule has 0 saturated carbocycles. The maximum atomic E-state index is 11.9. The molecule has 0 radical (unpaired) electrons.